The summed E-state index contributed by atoms with van der Waals surface area (Å²) in [6.45, 7) is 2.14. The Hall–Kier alpha value is -1.12. The summed E-state index contributed by atoms with van der Waals surface area (Å²) in [5, 5.41) is 13.3. The van der Waals surface area contributed by atoms with Gasteiger partial charge in [-0.2, -0.15) is 5.26 Å². The fourth-order valence-electron chi connectivity index (χ4n) is 1.07. The molecule has 1 amide bonds. The van der Waals surface area contributed by atoms with Crippen LogP contribution in [0.3, 0.4) is 0 Å². The molecular weight excluding hydrogens is 158 g/mol. The Morgan fingerprint density at radius 3 is 3.25 bits per heavy atom. The van der Waals surface area contributed by atoms with Crippen LogP contribution in [0, 0.1) is 11.5 Å². The van der Waals surface area contributed by atoms with Crippen molar-refractivity contribution in [3.8, 4) is 6.19 Å². The molecule has 1 rings (SSSR count). The first-order valence-electron chi connectivity index (χ1n) is 3.83. The van der Waals surface area contributed by atoms with Gasteiger partial charge in [-0.1, -0.05) is 0 Å². The number of ether oxygens (including phenoxy) is 1. The number of morpholine rings is 1. The fraction of sp³-hybridized carbons (Fsp3) is 0.714. The predicted octanol–water partition coefficient (Wildman–Crippen LogP) is -1.04. The third kappa shape index (κ3) is 2.86. The second-order valence-electron chi connectivity index (χ2n) is 2.56. The van der Waals surface area contributed by atoms with Gasteiger partial charge >= 0.3 is 0 Å². The van der Waals surface area contributed by atoms with Crippen LogP contribution in [0.2, 0.25) is 0 Å². The molecule has 0 bridgehead atoms. The molecule has 1 unspecified atom stereocenters. The molecule has 0 saturated carbocycles. The number of nitrogens with one attached hydrogen (secondary N) is 2. The highest BCUT2D eigenvalue weighted by Crippen LogP contribution is 2.00. The lowest BCUT2D eigenvalue weighted by molar-refractivity contribution is -0.123. The van der Waals surface area contributed by atoms with E-state index in [0.717, 1.165) is 6.54 Å². The van der Waals surface area contributed by atoms with Crippen molar-refractivity contribution in [1.82, 2.24) is 10.6 Å². The lowest BCUT2D eigenvalue weighted by Gasteiger charge is -2.22. The van der Waals surface area contributed by atoms with Crippen LogP contribution in [0.25, 0.3) is 0 Å². The average molecular weight is 169 g/mol. The van der Waals surface area contributed by atoms with E-state index >= 15 is 0 Å². The van der Waals surface area contributed by atoms with Crippen molar-refractivity contribution >= 4 is 5.91 Å². The SMILES string of the molecule is N#CNC(=O)CC1CNCCO1. The molecule has 0 aromatic heterocycles. The van der Waals surface area contributed by atoms with E-state index in [1.54, 1.807) is 6.19 Å². The van der Waals surface area contributed by atoms with Crippen molar-refractivity contribution < 1.29 is 9.53 Å². The molecule has 5 heteroatoms. The Bertz CT molecular complexity index is 193. The van der Waals surface area contributed by atoms with Gasteiger partial charge in [-0.3, -0.25) is 10.1 Å². The minimum atomic E-state index is -0.286. The quantitative estimate of drug-likeness (QED) is 0.409. The molecular formula is C7H11N3O2. The van der Waals surface area contributed by atoms with E-state index in [1.165, 1.54) is 0 Å². The lowest BCUT2D eigenvalue weighted by Crippen LogP contribution is -2.40. The summed E-state index contributed by atoms with van der Waals surface area (Å²) in [6.07, 6.45) is 1.74. The highest BCUT2D eigenvalue weighted by molar-refractivity contribution is 5.77. The Balaban J connectivity index is 2.21. The monoisotopic (exact) mass is 169 g/mol. The third-order valence-corrected chi connectivity index (χ3v) is 1.61. The van der Waals surface area contributed by atoms with Crippen molar-refractivity contribution in [3.63, 3.8) is 0 Å². The van der Waals surface area contributed by atoms with Crippen LogP contribution in [-0.4, -0.2) is 31.7 Å². The van der Waals surface area contributed by atoms with Crippen molar-refractivity contribution in [2.24, 2.45) is 0 Å². The van der Waals surface area contributed by atoms with Crippen LogP contribution in [0.4, 0.5) is 0 Å². The molecule has 5 nitrogen and oxygen atoms in total. The number of carbonyl (C=O) groups excluding carboxylic acids is 1. The minimum Gasteiger partial charge on any atom is -0.375 e. The zero-order valence-corrected chi connectivity index (χ0v) is 6.67. The molecule has 0 aliphatic carbocycles. The van der Waals surface area contributed by atoms with Crippen molar-refractivity contribution in [2.45, 2.75) is 12.5 Å². The average Bonchev–Trinajstić information content (AvgIpc) is 2.06. The van der Waals surface area contributed by atoms with Crippen LogP contribution >= 0.6 is 0 Å². The minimum absolute atomic E-state index is 0.0906. The van der Waals surface area contributed by atoms with Gasteiger partial charge < -0.3 is 10.1 Å². The van der Waals surface area contributed by atoms with Gasteiger partial charge in [0.15, 0.2) is 6.19 Å². The fourth-order valence-corrected chi connectivity index (χ4v) is 1.07. The number of nitrogens with zero attached hydrogens (tertiary/aromatic N) is 1. The molecule has 0 aromatic rings. The smallest absolute Gasteiger partial charge is 0.235 e. The molecule has 0 radical (unpaired) electrons. The maximum Gasteiger partial charge on any atom is 0.235 e. The summed E-state index contributed by atoms with van der Waals surface area (Å²) in [6, 6.07) is 0. The summed E-state index contributed by atoms with van der Waals surface area (Å²) in [7, 11) is 0. The summed E-state index contributed by atoms with van der Waals surface area (Å²) in [5.41, 5.74) is 0. The Labute approximate surface area is 70.7 Å². The number of nitriles is 1. The molecule has 0 aromatic carbocycles. The maximum absolute atomic E-state index is 10.9. The van der Waals surface area contributed by atoms with Crippen molar-refractivity contribution in [3.05, 3.63) is 0 Å². The molecule has 2 N–H and O–H groups in total. The zero-order valence-electron chi connectivity index (χ0n) is 6.67. The molecule has 1 atom stereocenters. The van der Waals surface area contributed by atoms with Crippen LogP contribution in [0.5, 0.6) is 0 Å². The van der Waals surface area contributed by atoms with Gasteiger partial charge in [0, 0.05) is 13.1 Å². The number of rotatable bonds is 2. The molecule has 1 heterocycles. The van der Waals surface area contributed by atoms with Crippen molar-refractivity contribution in [1.29, 1.82) is 5.26 Å². The van der Waals surface area contributed by atoms with E-state index in [9.17, 15) is 4.79 Å². The summed E-state index contributed by atoms with van der Waals surface area (Å²) in [4.78, 5) is 10.9. The number of amides is 1. The molecule has 1 aliphatic rings. The highest BCUT2D eigenvalue weighted by Gasteiger charge is 2.16. The van der Waals surface area contributed by atoms with E-state index < -0.39 is 0 Å². The van der Waals surface area contributed by atoms with Crippen molar-refractivity contribution in [2.75, 3.05) is 19.7 Å². The second kappa shape index (κ2) is 4.70. The summed E-state index contributed by atoms with van der Waals surface area (Å²) in [5.74, 6) is -0.286. The Morgan fingerprint density at radius 2 is 2.67 bits per heavy atom. The normalized spacial score (nSPS) is 22.8. The second-order valence-corrected chi connectivity index (χ2v) is 2.56. The highest BCUT2D eigenvalue weighted by atomic mass is 16.5. The standard InChI is InChI=1S/C7H11N3O2/c8-5-10-7(11)3-6-4-9-1-2-12-6/h6,9H,1-4H2,(H,10,11). The van der Waals surface area contributed by atoms with E-state index in [-0.39, 0.29) is 18.4 Å². The van der Waals surface area contributed by atoms with E-state index in [1.807, 2.05) is 0 Å². The van der Waals surface area contributed by atoms with Gasteiger partial charge in [-0.15, -0.1) is 0 Å². The van der Waals surface area contributed by atoms with Crippen LogP contribution in [-0.2, 0) is 9.53 Å². The largest absolute Gasteiger partial charge is 0.375 e. The van der Waals surface area contributed by atoms with E-state index in [2.05, 4.69) is 10.6 Å². The molecule has 1 fully saturated rings. The van der Waals surface area contributed by atoms with Crippen LogP contribution in [0.15, 0.2) is 0 Å². The van der Waals surface area contributed by atoms with Gasteiger partial charge in [0.25, 0.3) is 0 Å². The molecule has 1 saturated heterocycles. The molecule has 1 aliphatic heterocycles. The first-order chi connectivity index (χ1) is 5.83. The summed E-state index contributed by atoms with van der Waals surface area (Å²) < 4.78 is 5.26. The number of hydrogen-bond acceptors (Lipinski definition) is 4. The van der Waals surface area contributed by atoms with Crippen LogP contribution < -0.4 is 10.6 Å². The van der Waals surface area contributed by atoms with Gasteiger partial charge in [0.1, 0.15) is 0 Å². The predicted molar refractivity (Wildman–Crippen MR) is 41.0 cm³/mol. The van der Waals surface area contributed by atoms with Gasteiger partial charge in [0.05, 0.1) is 19.1 Å². The number of carbonyl (C=O) groups is 1. The third-order valence-electron chi connectivity index (χ3n) is 1.61. The van der Waals surface area contributed by atoms with Gasteiger partial charge in [-0.25, -0.2) is 0 Å². The first kappa shape index (κ1) is 8.97. The van der Waals surface area contributed by atoms with Crippen LogP contribution in [0.1, 0.15) is 6.42 Å². The molecule has 66 valence electrons. The zero-order chi connectivity index (χ0) is 8.81. The molecule has 0 spiro atoms. The number of hydrogen-bond donors (Lipinski definition) is 2. The lowest BCUT2D eigenvalue weighted by atomic mass is 10.2. The van der Waals surface area contributed by atoms with E-state index in [4.69, 9.17) is 10.00 Å². The van der Waals surface area contributed by atoms with Gasteiger partial charge in [0.2, 0.25) is 5.91 Å². The van der Waals surface area contributed by atoms with E-state index in [0.29, 0.717) is 13.2 Å². The topological polar surface area (TPSA) is 74.2 Å². The maximum atomic E-state index is 10.9. The Morgan fingerprint density at radius 1 is 1.83 bits per heavy atom. The Kier molecular flexibility index (Phi) is 3.51. The first-order valence-corrected chi connectivity index (χ1v) is 3.83. The summed E-state index contributed by atoms with van der Waals surface area (Å²) >= 11 is 0. The van der Waals surface area contributed by atoms with Gasteiger partial charge in [-0.05, 0) is 0 Å². The molecule has 12 heavy (non-hydrogen) atoms.